The second kappa shape index (κ2) is 9.00. The smallest absolute Gasteiger partial charge is 0.249 e. The van der Waals surface area contributed by atoms with Gasteiger partial charge in [-0.15, -0.1) is 0 Å². The maximum atomic E-state index is 13.8. The lowest BCUT2D eigenvalue weighted by Crippen LogP contribution is -2.71. The molecule has 1 unspecified atom stereocenters. The Hall–Kier alpha value is -1.39. The van der Waals surface area contributed by atoms with Crippen LogP contribution in [0.1, 0.15) is 12.0 Å². The van der Waals surface area contributed by atoms with Gasteiger partial charge in [-0.05, 0) is 18.4 Å². The average molecular weight is 583 g/mol. The first-order valence-electron chi connectivity index (χ1n) is 8.17. The van der Waals surface area contributed by atoms with Gasteiger partial charge in [-0.25, -0.2) is 4.74 Å². The van der Waals surface area contributed by atoms with Crippen molar-refractivity contribution in [3.05, 3.63) is 35.9 Å². The van der Waals surface area contributed by atoms with Gasteiger partial charge in [-0.2, -0.15) is 65.9 Å². The fourth-order valence-corrected chi connectivity index (χ4v) is 2.48. The van der Waals surface area contributed by atoms with Gasteiger partial charge in [-0.1, -0.05) is 46.3 Å². The van der Waals surface area contributed by atoms with Crippen molar-refractivity contribution in [2.24, 2.45) is 0 Å². The van der Waals surface area contributed by atoms with Crippen LogP contribution in [0.5, 0.6) is 0 Å². The van der Waals surface area contributed by atoms with E-state index >= 15 is 0 Å². The molecule has 0 aliphatic rings. The van der Waals surface area contributed by atoms with Gasteiger partial charge in [0.2, 0.25) is 0 Å². The van der Waals surface area contributed by atoms with Gasteiger partial charge >= 0.3 is 42.1 Å². The lowest BCUT2D eigenvalue weighted by molar-refractivity contribution is -0.491. The van der Waals surface area contributed by atoms with Crippen molar-refractivity contribution in [1.29, 1.82) is 0 Å². The monoisotopic (exact) mass is 582 g/mol. The van der Waals surface area contributed by atoms with Gasteiger partial charge in [0, 0.05) is 0 Å². The highest BCUT2D eigenvalue weighted by atomic mass is 79.9. The molecule has 33 heavy (non-hydrogen) atoms. The lowest BCUT2D eigenvalue weighted by Gasteiger charge is -2.40. The van der Waals surface area contributed by atoms with Crippen molar-refractivity contribution in [2.45, 2.75) is 59.8 Å². The first kappa shape index (κ1) is 29.6. The summed E-state index contributed by atoms with van der Waals surface area (Å²) in [6, 6.07) is 7.03. The first-order chi connectivity index (χ1) is 14.5. The predicted octanol–water partition coefficient (Wildman–Crippen LogP) is 7.69. The minimum absolute atomic E-state index is 0.301. The standard InChI is InChI=1S/C16H10BrF15O/c17-9(7-6-8-4-2-1-3-5-8)10(18,19)33-16(31,32)14(26,27)12(22,23)11(20,21)13(24,25)15(28,29)30/h1-5,9H,6-7H2. The second-order valence-corrected chi connectivity index (χ2v) is 7.57. The van der Waals surface area contributed by atoms with E-state index in [1.54, 1.807) is 0 Å². The summed E-state index contributed by atoms with van der Waals surface area (Å²) < 4.78 is 198. The van der Waals surface area contributed by atoms with E-state index in [0.29, 0.717) is 5.56 Å². The minimum atomic E-state index is -8.22. The largest absolute Gasteiger partial charge is 0.460 e. The van der Waals surface area contributed by atoms with E-state index in [0.717, 1.165) is 0 Å². The van der Waals surface area contributed by atoms with Crippen LogP contribution < -0.4 is 0 Å². The number of benzene rings is 1. The van der Waals surface area contributed by atoms with Crippen LogP contribution in [0.25, 0.3) is 0 Å². The Bertz CT molecular complexity index is 791. The van der Waals surface area contributed by atoms with E-state index in [1.807, 2.05) is 0 Å². The maximum absolute atomic E-state index is 13.8. The van der Waals surface area contributed by atoms with Gasteiger partial charge in [0.25, 0.3) is 0 Å². The molecular formula is C16H10BrF15O. The molecule has 0 amide bonds. The van der Waals surface area contributed by atoms with Gasteiger partial charge < -0.3 is 0 Å². The Morgan fingerprint density at radius 2 is 1.06 bits per heavy atom. The summed E-state index contributed by atoms with van der Waals surface area (Å²) in [5.74, 6) is -32.3. The number of aryl methyl sites for hydroxylation is 1. The Morgan fingerprint density at radius 1 is 0.636 bits per heavy atom. The van der Waals surface area contributed by atoms with Crippen LogP contribution >= 0.6 is 15.9 Å². The molecule has 1 aromatic carbocycles. The van der Waals surface area contributed by atoms with Crippen molar-refractivity contribution < 1.29 is 70.6 Å². The molecule has 0 aliphatic heterocycles. The zero-order chi connectivity index (χ0) is 26.3. The Kier molecular flexibility index (Phi) is 8.08. The molecule has 1 rings (SSSR count). The highest BCUT2D eigenvalue weighted by Crippen LogP contribution is 2.61. The van der Waals surface area contributed by atoms with Crippen LogP contribution in [0.2, 0.25) is 0 Å². The van der Waals surface area contributed by atoms with Crippen LogP contribution in [-0.4, -0.2) is 46.9 Å². The summed E-state index contributed by atoms with van der Waals surface area (Å²) in [5.41, 5.74) is 0.301. The summed E-state index contributed by atoms with van der Waals surface area (Å²) in [4.78, 5) is -2.64. The van der Waals surface area contributed by atoms with E-state index in [2.05, 4.69) is 20.7 Å². The Balaban J connectivity index is 3.19. The second-order valence-electron chi connectivity index (χ2n) is 6.47. The molecular weight excluding hydrogens is 573 g/mol. The highest BCUT2D eigenvalue weighted by molar-refractivity contribution is 9.09. The molecule has 0 spiro atoms. The predicted molar refractivity (Wildman–Crippen MR) is 84.3 cm³/mol. The number of ether oxygens (including phenoxy) is 1. The van der Waals surface area contributed by atoms with Crippen molar-refractivity contribution >= 4 is 15.9 Å². The summed E-state index contributed by atoms with van der Waals surface area (Å²) >= 11 is 2.07. The lowest BCUT2D eigenvalue weighted by atomic mass is 9.97. The van der Waals surface area contributed by atoms with Gasteiger partial charge in [-0.3, -0.25) is 0 Å². The number of rotatable bonds is 10. The summed E-state index contributed by atoms with van der Waals surface area (Å²) in [5, 5.41) is 0. The maximum Gasteiger partial charge on any atom is 0.460 e. The molecule has 192 valence electrons. The summed E-state index contributed by atoms with van der Waals surface area (Å²) in [6.07, 6.45) is -21.7. The molecule has 0 heterocycles. The molecule has 1 aromatic rings. The molecule has 0 saturated carbocycles. The zero-order valence-electron chi connectivity index (χ0n) is 15.3. The number of hydrogen-bond donors (Lipinski definition) is 0. The number of alkyl halides is 16. The third-order valence-electron chi connectivity index (χ3n) is 4.06. The van der Waals surface area contributed by atoms with Crippen LogP contribution in [0.3, 0.4) is 0 Å². The summed E-state index contributed by atoms with van der Waals surface area (Å²) in [6.45, 7) is 0. The first-order valence-corrected chi connectivity index (χ1v) is 9.09. The topological polar surface area (TPSA) is 9.23 Å². The van der Waals surface area contributed by atoms with Crippen molar-refractivity contribution in [2.75, 3.05) is 0 Å². The van der Waals surface area contributed by atoms with Crippen molar-refractivity contribution in [1.82, 2.24) is 0 Å². The Labute approximate surface area is 183 Å². The molecule has 0 bridgehead atoms. The fraction of sp³-hybridized carbons (Fsp3) is 0.625. The molecule has 0 aromatic heterocycles. The van der Waals surface area contributed by atoms with Crippen LogP contribution in [0.15, 0.2) is 30.3 Å². The summed E-state index contributed by atoms with van der Waals surface area (Å²) in [7, 11) is 0. The molecule has 0 saturated heterocycles. The molecule has 0 fully saturated rings. The van der Waals surface area contributed by atoms with Crippen LogP contribution in [0, 0.1) is 0 Å². The quantitative estimate of drug-likeness (QED) is 0.203. The number of hydrogen-bond acceptors (Lipinski definition) is 1. The molecule has 0 N–H and O–H groups in total. The van der Waals surface area contributed by atoms with E-state index in [9.17, 15) is 65.9 Å². The van der Waals surface area contributed by atoms with E-state index in [4.69, 9.17) is 0 Å². The third kappa shape index (κ3) is 5.32. The van der Waals surface area contributed by atoms with Crippen LogP contribution in [-0.2, 0) is 11.2 Å². The van der Waals surface area contributed by atoms with E-state index in [-0.39, 0.29) is 6.42 Å². The van der Waals surface area contributed by atoms with E-state index in [1.165, 1.54) is 30.3 Å². The molecule has 0 radical (unpaired) electrons. The highest BCUT2D eigenvalue weighted by Gasteiger charge is 2.91. The normalized spacial score (nSPS) is 16.1. The third-order valence-corrected chi connectivity index (χ3v) is 5.05. The van der Waals surface area contributed by atoms with Gasteiger partial charge in [0.15, 0.2) is 0 Å². The van der Waals surface area contributed by atoms with Crippen molar-refractivity contribution in [3.8, 4) is 0 Å². The average Bonchev–Trinajstić information content (AvgIpc) is 2.64. The Morgan fingerprint density at radius 3 is 1.48 bits per heavy atom. The fourth-order valence-electron chi connectivity index (χ4n) is 2.16. The van der Waals surface area contributed by atoms with Crippen LogP contribution in [0.4, 0.5) is 65.9 Å². The van der Waals surface area contributed by atoms with Gasteiger partial charge in [0.05, 0.1) is 0 Å². The molecule has 17 heteroatoms. The molecule has 1 nitrogen and oxygen atoms in total. The number of halogens is 16. The zero-order valence-corrected chi connectivity index (χ0v) is 16.9. The molecule has 1 atom stereocenters. The minimum Gasteiger partial charge on any atom is -0.249 e. The van der Waals surface area contributed by atoms with Gasteiger partial charge in [0.1, 0.15) is 4.83 Å². The molecule has 0 aliphatic carbocycles. The van der Waals surface area contributed by atoms with Crippen molar-refractivity contribution in [3.63, 3.8) is 0 Å². The SMILES string of the molecule is FC(F)(OC(F)(F)C(F)(F)C(F)(F)C(F)(F)C(F)(F)C(F)(F)F)C(Br)CCc1ccccc1. The van der Waals surface area contributed by atoms with E-state index < -0.39 is 53.3 Å².